The van der Waals surface area contributed by atoms with E-state index in [4.69, 9.17) is 20.1 Å². The van der Waals surface area contributed by atoms with Crippen LogP contribution in [0.1, 0.15) is 70.0 Å². The van der Waals surface area contributed by atoms with Gasteiger partial charge in [-0.15, -0.1) is 5.10 Å². The Morgan fingerprint density at radius 3 is 2.56 bits per heavy atom. The number of aryl methyl sites for hydroxylation is 1. The first-order chi connectivity index (χ1) is 16.5. The summed E-state index contributed by atoms with van der Waals surface area (Å²) in [5, 5.41) is 3.69. The number of hydrazone groups is 1. The Hall–Kier alpha value is -3.81. The van der Waals surface area contributed by atoms with Crippen molar-refractivity contribution in [2.75, 3.05) is 7.11 Å². The fourth-order valence-corrected chi connectivity index (χ4v) is 4.59. The third-order valence-electron chi connectivity index (χ3n) is 6.28. The summed E-state index contributed by atoms with van der Waals surface area (Å²) >= 11 is 0. The van der Waals surface area contributed by atoms with Gasteiger partial charge in [0.1, 0.15) is 0 Å². The molecule has 1 atom stereocenters. The SMILES string of the molecule is C=CO/C(CC(c1ccc(OC)c(OC2CCCC2)c1)N1C(=O)c2ccc(C)cc2C1=O)=N\N. The topological polar surface area (TPSA) is 103 Å². The summed E-state index contributed by atoms with van der Waals surface area (Å²) in [6.07, 6.45) is 5.59. The molecule has 178 valence electrons. The molecule has 2 amide bonds. The zero-order valence-electron chi connectivity index (χ0n) is 19.5. The number of hydrogen-bond donors (Lipinski definition) is 1. The minimum absolute atomic E-state index is 0.0716. The molecule has 2 aromatic rings. The molecule has 2 aliphatic rings. The van der Waals surface area contributed by atoms with Crippen molar-refractivity contribution in [1.82, 2.24) is 4.90 Å². The molecule has 1 heterocycles. The zero-order valence-corrected chi connectivity index (χ0v) is 19.5. The molecule has 0 aromatic heterocycles. The second-order valence-electron chi connectivity index (χ2n) is 8.49. The molecule has 1 unspecified atom stereocenters. The van der Waals surface area contributed by atoms with Gasteiger partial charge in [-0.3, -0.25) is 14.5 Å². The number of nitrogens with zero attached hydrogens (tertiary/aromatic N) is 2. The van der Waals surface area contributed by atoms with E-state index in [9.17, 15) is 9.59 Å². The summed E-state index contributed by atoms with van der Waals surface area (Å²) < 4.78 is 17.1. The van der Waals surface area contributed by atoms with E-state index >= 15 is 0 Å². The average Bonchev–Trinajstić information content (AvgIpc) is 3.43. The Morgan fingerprint density at radius 1 is 1.15 bits per heavy atom. The van der Waals surface area contributed by atoms with Crippen LogP contribution in [0.5, 0.6) is 11.5 Å². The lowest BCUT2D eigenvalue weighted by Crippen LogP contribution is -2.35. The number of hydrogen-bond acceptors (Lipinski definition) is 7. The van der Waals surface area contributed by atoms with Gasteiger partial charge in [0.05, 0.1) is 43.1 Å². The molecule has 2 N–H and O–H groups in total. The van der Waals surface area contributed by atoms with E-state index in [1.807, 2.05) is 25.1 Å². The molecule has 0 saturated heterocycles. The first-order valence-corrected chi connectivity index (χ1v) is 11.3. The highest BCUT2D eigenvalue weighted by atomic mass is 16.5. The lowest BCUT2D eigenvalue weighted by atomic mass is 10.0. The predicted octanol–water partition coefficient (Wildman–Crippen LogP) is 4.48. The van der Waals surface area contributed by atoms with Crippen LogP contribution in [0.4, 0.5) is 0 Å². The fraction of sp³-hybridized carbons (Fsp3) is 0.346. The minimum atomic E-state index is -0.730. The highest BCUT2D eigenvalue weighted by Crippen LogP contribution is 2.39. The molecule has 8 heteroatoms. The molecule has 1 saturated carbocycles. The molecular weight excluding hydrogens is 434 g/mol. The Kier molecular flexibility index (Phi) is 6.86. The van der Waals surface area contributed by atoms with Crippen molar-refractivity contribution in [3.05, 3.63) is 71.5 Å². The van der Waals surface area contributed by atoms with E-state index < -0.39 is 6.04 Å². The smallest absolute Gasteiger partial charge is 0.262 e. The van der Waals surface area contributed by atoms with Crippen molar-refractivity contribution in [1.29, 1.82) is 0 Å². The quantitative estimate of drug-likeness (QED) is 0.155. The number of ether oxygens (including phenoxy) is 3. The highest BCUT2D eigenvalue weighted by Gasteiger charge is 2.41. The third kappa shape index (κ3) is 4.48. The van der Waals surface area contributed by atoms with Crippen molar-refractivity contribution in [3.63, 3.8) is 0 Å². The van der Waals surface area contributed by atoms with Crippen LogP contribution in [0.3, 0.4) is 0 Å². The first-order valence-electron chi connectivity index (χ1n) is 11.3. The van der Waals surface area contributed by atoms with Crippen LogP contribution in [0.2, 0.25) is 0 Å². The second-order valence-corrected chi connectivity index (χ2v) is 8.49. The Labute approximate surface area is 199 Å². The standard InChI is InChI=1S/C26H29N3O5/c1-4-33-24(28-27)15-21(29-25(30)19-11-9-16(2)13-20(19)26(29)31)17-10-12-22(32-3)23(14-17)34-18-7-5-6-8-18/h4,9-14,18,21H,1,5-8,15,27H2,2-3H3/b28-24-. The van der Waals surface area contributed by atoms with Gasteiger partial charge >= 0.3 is 0 Å². The van der Waals surface area contributed by atoms with Gasteiger partial charge in [0.2, 0.25) is 5.90 Å². The number of carbonyl (C=O) groups excluding carboxylic acids is 2. The number of nitrogens with two attached hydrogens (primary N) is 1. The Bertz CT molecular complexity index is 1140. The number of carbonyl (C=O) groups is 2. The molecule has 0 radical (unpaired) electrons. The van der Waals surface area contributed by atoms with Crippen LogP contribution in [0, 0.1) is 6.92 Å². The molecule has 1 fully saturated rings. The summed E-state index contributed by atoms with van der Waals surface area (Å²) in [5.74, 6) is 6.06. The minimum Gasteiger partial charge on any atom is -0.493 e. The van der Waals surface area contributed by atoms with E-state index in [0.29, 0.717) is 28.2 Å². The molecule has 8 nitrogen and oxygen atoms in total. The van der Waals surface area contributed by atoms with Crippen molar-refractivity contribution < 1.29 is 23.8 Å². The molecule has 0 spiro atoms. The van der Waals surface area contributed by atoms with E-state index in [1.54, 1.807) is 25.3 Å². The molecule has 2 aromatic carbocycles. The number of rotatable bonds is 8. The van der Waals surface area contributed by atoms with Crippen LogP contribution in [-0.2, 0) is 4.74 Å². The van der Waals surface area contributed by atoms with Gasteiger partial charge < -0.3 is 20.1 Å². The summed E-state index contributed by atoms with van der Waals surface area (Å²) in [5.41, 5.74) is 2.32. The third-order valence-corrected chi connectivity index (χ3v) is 6.28. The van der Waals surface area contributed by atoms with Gasteiger partial charge in [-0.1, -0.05) is 24.3 Å². The monoisotopic (exact) mass is 463 g/mol. The first kappa shape index (κ1) is 23.4. The largest absolute Gasteiger partial charge is 0.493 e. The number of amides is 2. The van der Waals surface area contributed by atoms with E-state index in [0.717, 1.165) is 31.2 Å². The van der Waals surface area contributed by atoms with Crippen molar-refractivity contribution >= 4 is 17.7 Å². The van der Waals surface area contributed by atoms with Crippen molar-refractivity contribution in [2.24, 2.45) is 10.9 Å². The summed E-state index contributed by atoms with van der Waals surface area (Å²) in [7, 11) is 1.58. The maximum atomic E-state index is 13.4. The maximum Gasteiger partial charge on any atom is 0.262 e. The molecule has 0 bridgehead atoms. The van der Waals surface area contributed by atoms with Gasteiger partial charge in [-0.05, 0) is 62.4 Å². The van der Waals surface area contributed by atoms with Gasteiger partial charge in [0.25, 0.3) is 11.8 Å². The number of methoxy groups -OCH3 is 1. The van der Waals surface area contributed by atoms with Gasteiger partial charge in [0, 0.05) is 0 Å². The average molecular weight is 464 g/mol. The van der Waals surface area contributed by atoms with E-state index in [-0.39, 0.29) is 30.2 Å². The summed E-state index contributed by atoms with van der Waals surface area (Å²) in [6, 6.07) is 9.91. The lowest BCUT2D eigenvalue weighted by molar-refractivity contribution is 0.0583. The molecule has 1 aliphatic carbocycles. The van der Waals surface area contributed by atoms with Gasteiger partial charge in [0.15, 0.2) is 11.5 Å². The van der Waals surface area contributed by atoms with E-state index in [2.05, 4.69) is 11.7 Å². The lowest BCUT2D eigenvalue weighted by Gasteiger charge is -2.27. The van der Waals surface area contributed by atoms with Gasteiger partial charge in [-0.25, -0.2) is 0 Å². The summed E-state index contributed by atoms with van der Waals surface area (Å²) in [4.78, 5) is 28.0. The van der Waals surface area contributed by atoms with Crippen molar-refractivity contribution in [2.45, 2.75) is 51.2 Å². The van der Waals surface area contributed by atoms with E-state index in [1.165, 1.54) is 11.2 Å². The predicted molar refractivity (Wildman–Crippen MR) is 128 cm³/mol. The van der Waals surface area contributed by atoms with Crippen LogP contribution in [0.15, 0.2) is 54.3 Å². The zero-order chi connectivity index (χ0) is 24.2. The molecule has 34 heavy (non-hydrogen) atoms. The van der Waals surface area contributed by atoms with Gasteiger partial charge in [-0.2, -0.15) is 0 Å². The van der Waals surface area contributed by atoms with Crippen LogP contribution in [-0.4, -0.2) is 35.8 Å². The number of benzene rings is 2. The normalized spacial score (nSPS) is 17.0. The Morgan fingerprint density at radius 2 is 1.88 bits per heavy atom. The van der Waals surface area contributed by atoms with Crippen LogP contribution in [0.25, 0.3) is 0 Å². The number of imide groups is 1. The van der Waals surface area contributed by atoms with Crippen molar-refractivity contribution in [3.8, 4) is 11.5 Å². The second kappa shape index (κ2) is 9.99. The number of fused-ring (bicyclic) bond motifs is 1. The van der Waals surface area contributed by atoms with Crippen LogP contribution >= 0.6 is 0 Å². The molecule has 1 aliphatic heterocycles. The highest BCUT2D eigenvalue weighted by molar-refractivity contribution is 6.21. The fourth-order valence-electron chi connectivity index (χ4n) is 4.59. The summed E-state index contributed by atoms with van der Waals surface area (Å²) in [6.45, 7) is 5.43. The molecule has 4 rings (SSSR count). The Balaban J connectivity index is 1.76. The van der Waals surface area contributed by atoms with Crippen LogP contribution < -0.4 is 15.3 Å². The maximum absolute atomic E-state index is 13.4. The molecular formula is C26H29N3O5.